The summed E-state index contributed by atoms with van der Waals surface area (Å²) in [4.78, 5) is 20.8. The first-order chi connectivity index (χ1) is 10.6. The molecular weight excluding hydrogens is 276 g/mol. The van der Waals surface area contributed by atoms with Gasteiger partial charge in [0.2, 0.25) is 5.91 Å². The number of hydrogen-bond donors (Lipinski definition) is 1. The van der Waals surface area contributed by atoms with Crippen molar-refractivity contribution < 1.29 is 4.79 Å². The summed E-state index contributed by atoms with van der Waals surface area (Å²) in [6.45, 7) is 4.44. The van der Waals surface area contributed by atoms with Gasteiger partial charge in [0.15, 0.2) is 0 Å². The van der Waals surface area contributed by atoms with Crippen LogP contribution in [0.4, 0.5) is 0 Å². The maximum Gasteiger partial charge on any atom is 0.226 e. The van der Waals surface area contributed by atoms with E-state index in [9.17, 15) is 4.79 Å². The molecule has 0 aromatic carbocycles. The van der Waals surface area contributed by atoms with Crippen LogP contribution in [0.25, 0.3) is 5.65 Å². The Balaban J connectivity index is 1.71. The van der Waals surface area contributed by atoms with Crippen LogP contribution < -0.4 is 5.32 Å². The Morgan fingerprint density at radius 1 is 1.27 bits per heavy atom. The number of aromatic nitrogens is 3. The van der Waals surface area contributed by atoms with E-state index in [4.69, 9.17) is 0 Å². The van der Waals surface area contributed by atoms with Crippen molar-refractivity contribution in [1.82, 2.24) is 19.7 Å². The van der Waals surface area contributed by atoms with Crippen molar-refractivity contribution >= 4 is 11.6 Å². The highest BCUT2D eigenvalue weighted by Gasteiger charge is 2.12. The molecule has 22 heavy (non-hydrogen) atoms. The zero-order chi connectivity index (χ0) is 15.5. The number of amides is 1. The smallest absolute Gasteiger partial charge is 0.226 e. The molecule has 0 aliphatic carbocycles. The van der Waals surface area contributed by atoms with Gasteiger partial charge in [-0.3, -0.25) is 9.78 Å². The van der Waals surface area contributed by atoms with E-state index < -0.39 is 0 Å². The second-order valence-corrected chi connectivity index (χ2v) is 5.33. The molecule has 1 N–H and O–H groups in total. The zero-order valence-corrected chi connectivity index (χ0v) is 12.7. The van der Waals surface area contributed by atoms with Crippen LogP contribution in [0.15, 0.2) is 42.9 Å². The quantitative estimate of drug-likeness (QED) is 0.802. The van der Waals surface area contributed by atoms with Gasteiger partial charge in [0.25, 0.3) is 0 Å². The molecule has 3 heterocycles. The molecule has 0 aliphatic heterocycles. The van der Waals surface area contributed by atoms with Crippen molar-refractivity contribution in [3.63, 3.8) is 0 Å². The summed E-state index contributed by atoms with van der Waals surface area (Å²) in [5.74, 6) is -0.00929. The van der Waals surface area contributed by atoms with E-state index in [-0.39, 0.29) is 5.91 Å². The lowest BCUT2D eigenvalue weighted by molar-refractivity contribution is -0.120. The zero-order valence-electron chi connectivity index (χ0n) is 12.7. The molecule has 0 saturated heterocycles. The third kappa shape index (κ3) is 2.83. The molecule has 3 rings (SSSR count). The lowest BCUT2D eigenvalue weighted by atomic mass is 10.1. The van der Waals surface area contributed by atoms with Crippen LogP contribution in [0.1, 0.15) is 22.5 Å². The van der Waals surface area contributed by atoms with Crippen LogP contribution >= 0.6 is 0 Å². The van der Waals surface area contributed by atoms with Crippen molar-refractivity contribution in [3.05, 3.63) is 65.4 Å². The number of hydrogen-bond acceptors (Lipinski definition) is 3. The van der Waals surface area contributed by atoms with Gasteiger partial charge in [-0.1, -0.05) is 6.07 Å². The van der Waals surface area contributed by atoms with E-state index in [1.165, 1.54) is 0 Å². The van der Waals surface area contributed by atoms with Crippen LogP contribution in [0.3, 0.4) is 0 Å². The fraction of sp³-hybridized carbons (Fsp3) is 0.235. The number of nitrogens with zero attached hydrogens (tertiary/aromatic N) is 3. The number of carbonyl (C=O) groups is 1. The summed E-state index contributed by atoms with van der Waals surface area (Å²) in [6.07, 6.45) is 5.80. The van der Waals surface area contributed by atoms with Crippen LogP contribution in [0.5, 0.6) is 0 Å². The number of imidazole rings is 1. The van der Waals surface area contributed by atoms with Crippen LogP contribution in [0.2, 0.25) is 0 Å². The number of fused-ring (bicyclic) bond motifs is 1. The lowest BCUT2D eigenvalue weighted by Gasteiger charge is -2.08. The average Bonchev–Trinajstić information content (AvgIpc) is 2.83. The SMILES string of the molecule is Cc1cnccc1CNC(=O)Cc1c(C)nc2ccccn12. The lowest BCUT2D eigenvalue weighted by Crippen LogP contribution is -2.25. The van der Waals surface area contributed by atoms with E-state index in [1.54, 1.807) is 12.4 Å². The summed E-state index contributed by atoms with van der Waals surface area (Å²) >= 11 is 0. The molecule has 0 spiro atoms. The first-order valence-electron chi connectivity index (χ1n) is 7.24. The molecule has 0 saturated carbocycles. The van der Waals surface area contributed by atoms with Crippen molar-refractivity contribution in [2.75, 3.05) is 0 Å². The second-order valence-electron chi connectivity index (χ2n) is 5.33. The molecular formula is C17H18N4O. The fourth-order valence-electron chi connectivity index (χ4n) is 2.49. The maximum absolute atomic E-state index is 12.2. The maximum atomic E-state index is 12.2. The van der Waals surface area contributed by atoms with Crippen molar-refractivity contribution in [2.24, 2.45) is 0 Å². The molecule has 112 valence electrons. The first kappa shape index (κ1) is 14.3. The van der Waals surface area contributed by atoms with Gasteiger partial charge in [0.1, 0.15) is 5.65 Å². The van der Waals surface area contributed by atoms with Crippen LogP contribution in [-0.2, 0) is 17.8 Å². The molecule has 3 aromatic rings. The Labute approximate surface area is 129 Å². The molecule has 3 aromatic heterocycles. The monoisotopic (exact) mass is 294 g/mol. The molecule has 0 aliphatic rings. The molecule has 0 atom stereocenters. The number of aryl methyl sites for hydroxylation is 2. The largest absolute Gasteiger partial charge is 0.352 e. The highest BCUT2D eigenvalue weighted by molar-refractivity contribution is 5.78. The Kier molecular flexibility index (Phi) is 3.87. The minimum atomic E-state index is -0.00929. The van der Waals surface area contributed by atoms with E-state index in [0.717, 1.165) is 28.2 Å². The van der Waals surface area contributed by atoms with E-state index in [2.05, 4.69) is 15.3 Å². The Bertz CT molecular complexity index is 822. The number of nitrogens with one attached hydrogen (secondary N) is 1. The molecule has 0 bridgehead atoms. The van der Waals surface area contributed by atoms with Crippen molar-refractivity contribution in [3.8, 4) is 0 Å². The van der Waals surface area contributed by atoms with E-state index >= 15 is 0 Å². The first-order valence-corrected chi connectivity index (χ1v) is 7.24. The molecule has 0 fully saturated rings. The standard InChI is InChI=1S/C17H18N4O/c1-12-10-18-7-6-14(12)11-19-17(22)9-15-13(2)20-16-5-3-4-8-21(15)16/h3-8,10H,9,11H2,1-2H3,(H,19,22). The minimum absolute atomic E-state index is 0.00929. The van der Waals surface area contributed by atoms with Gasteiger partial charge in [-0.15, -0.1) is 0 Å². The molecule has 5 nitrogen and oxygen atoms in total. The highest BCUT2D eigenvalue weighted by atomic mass is 16.1. The van der Waals surface area contributed by atoms with Crippen LogP contribution in [0, 0.1) is 13.8 Å². The molecule has 1 amide bonds. The predicted octanol–water partition coefficient (Wildman–Crippen LogP) is 2.21. The van der Waals surface area contributed by atoms with Gasteiger partial charge in [-0.2, -0.15) is 0 Å². The molecule has 0 radical (unpaired) electrons. The Morgan fingerprint density at radius 3 is 2.95 bits per heavy atom. The predicted molar refractivity (Wildman–Crippen MR) is 84.5 cm³/mol. The summed E-state index contributed by atoms with van der Waals surface area (Å²) < 4.78 is 1.96. The highest BCUT2D eigenvalue weighted by Crippen LogP contribution is 2.12. The molecule has 5 heteroatoms. The normalized spacial score (nSPS) is 10.8. The van der Waals surface area contributed by atoms with E-state index in [1.807, 2.05) is 48.7 Å². The Hall–Kier alpha value is -2.69. The van der Waals surface area contributed by atoms with Gasteiger partial charge in [-0.25, -0.2) is 4.98 Å². The Morgan fingerprint density at radius 2 is 2.14 bits per heavy atom. The van der Waals surface area contributed by atoms with Crippen LogP contribution in [-0.4, -0.2) is 20.3 Å². The summed E-state index contributed by atoms with van der Waals surface area (Å²) in [6, 6.07) is 7.75. The van der Waals surface area contributed by atoms with Gasteiger partial charge < -0.3 is 9.72 Å². The van der Waals surface area contributed by atoms with Gasteiger partial charge in [0, 0.05) is 25.1 Å². The fourth-order valence-corrected chi connectivity index (χ4v) is 2.49. The summed E-state index contributed by atoms with van der Waals surface area (Å²) in [5.41, 5.74) is 4.85. The topological polar surface area (TPSA) is 59.3 Å². The van der Waals surface area contributed by atoms with Gasteiger partial charge >= 0.3 is 0 Å². The average molecular weight is 294 g/mol. The second kappa shape index (κ2) is 5.97. The third-order valence-corrected chi connectivity index (χ3v) is 3.77. The number of carbonyl (C=O) groups excluding carboxylic acids is 1. The van der Waals surface area contributed by atoms with Gasteiger partial charge in [-0.05, 0) is 43.2 Å². The summed E-state index contributed by atoms with van der Waals surface area (Å²) in [5, 5.41) is 2.96. The van der Waals surface area contributed by atoms with Gasteiger partial charge in [0.05, 0.1) is 17.8 Å². The number of rotatable bonds is 4. The van der Waals surface area contributed by atoms with Crippen molar-refractivity contribution in [1.29, 1.82) is 0 Å². The van der Waals surface area contributed by atoms with E-state index in [0.29, 0.717) is 13.0 Å². The number of pyridine rings is 2. The van der Waals surface area contributed by atoms with Crippen molar-refractivity contribution in [2.45, 2.75) is 26.8 Å². The minimum Gasteiger partial charge on any atom is -0.352 e. The third-order valence-electron chi connectivity index (χ3n) is 3.77. The summed E-state index contributed by atoms with van der Waals surface area (Å²) in [7, 11) is 0. The molecule has 0 unspecified atom stereocenters.